The maximum atomic E-state index is 13.3. The zero-order valence-electron chi connectivity index (χ0n) is 19.7. The number of methoxy groups -OCH3 is 2. The van der Waals surface area contributed by atoms with Crippen LogP contribution in [0.25, 0.3) is 0 Å². The van der Waals surface area contributed by atoms with Crippen molar-refractivity contribution in [2.45, 2.75) is 44.9 Å². The Hall–Kier alpha value is -2.38. The van der Waals surface area contributed by atoms with Crippen LogP contribution in [-0.2, 0) is 17.6 Å². The number of hydrogen-bond donors (Lipinski definition) is 0. The Kier molecular flexibility index (Phi) is 6.69. The van der Waals surface area contributed by atoms with Gasteiger partial charge in [-0.3, -0.25) is 9.79 Å². The molecule has 1 aromatic carbocycles. The minimum Gasteiger partial charge on any atom is -0.493 e. The van der Waals surface area contributed by atoms with Crippen LogP contribution in [0.5, 0.6) is 11.5 Å². The van der Waals surface area contributed by atoms with Gasteiger partial charge in [-0.05, 0) is 75.4 Å². The molecule has 1 aromatic heterocycles. The number of anilines is 1. The molecule has 5 rings (SSSR count). The first-order chi connectivity index (χ1) is 16.2. The Morgan fingerprint density at radius 3 is 2.55 bits per heavy atom. The molecule has 0 radical (unpaired) electrons. The number of rotatable bonds is 6. The van der Waals surface area contributed by atoms with Gasteiger partial charge >= 0.3 is 0 Å². The zero-order chi connectivity index (χ0) is 22.8. The second-order valence-electron chi connectivity index (χ2n) is 9.07. The summed E-state index contributed by atoms with van der Waals surface area (Å²) in [4.78, 5) is 24.2. The van der Waals surface area contributed by atoms with E-state index in [1.807, 2.05) is 34.4 Å². The summed E-state index contributed by atoms with van der Waals surface area (Å²) in [7, 11) is 3.30. The number of amides is 1. The molecule has 1 saturated heterocycles. The van der Waals surface area contributed by atoms with Crippen LogP contribution in [0.3, 0.4) is 0 Å². The third-order valence-corrected chi connectivity index (χ3v) is 8.37. The normalized spacial score (nSPS) is 18.9. The topological polar surface area (TPSA) is 54.4 Å². The Morgan fingerprint density at radius 2 is 1.76 bits per heavy atom. The number of aliphatic imine (C=N–C) groups is 1. The number of thiophene rings is 1. The summed E-state index contributed by atoms with van der Waals surface area (Å²) < 4.78 is 11.0. The van der Waals surface area contributed by atoms with Crippen LogP contribution in [0.2, 0.25) is 0 Å². The van der Waals surface area contributed by atoms with E-state index < -0.39 is 0 Å². The third-order valence-electron chi connectivity index (χ3n) is 7.05. The fourth-order valence-electron chi connectivity index (χ4n) is 5.28. The van der Waals surface area contributed by atoms with Crippen molar-refractivity contribution in [3.05, 3.63) is 39.8 Å². The highest BCUT2D eigenvalue weighted by Gasteiger charge is 2.32. The van der Waals surface area contributed by atoms with Gasteiger partial charge in [0.15, 0.2) is 11.5 Å². The molecular formula is C26H33N3O3S. The van der Waals surface area contributed by atoms with Crippen molar-refractivity contribution in [3.8, 4) is 11.5 Å². The lowest BCUT2D eigenvalue weighted by Gasteiger charge is -2.29. The number of aryl methyl sites for hydroxylation is 1. The van der Waals surface area contributed by atoms with Crippen LogP contribution in [0.15, 0.2) is 23.2 Å². The van der Waals surface area contributed by atoms with Crippen molar-refractivity contribution in [2.75, 3.05) is 51.8 Å². The molecule has 0 saturated carbocycles. The molecule has 0 atom stereocenters. The highest BCUT2D eigenvalue weighted by Crippen LogP contribution is 2.43. The van der Waals surface area contributed by atoms with E-state index in [1.165, 1.54) is 48.1 Å². The van der Waals surface area contributed by atoms with Gasteiger partial charge in [0, 0.05) is 29.1 Å². The largest absolute Gasteiger partial charge is 0.493 e. The fraction of sp³-hybridized carbons (Fsp3) is 0.538. The van der Waals surface area contributed by atoms with Crippen LogP contribution in [0, 0.1) is 0 Å². The Morgan fingerprint density at radius 1 is 0.970 bits per heavy atom. The average Bonchev–Trinajstić information content (AvgIpc) is 3.17. The second kappa shape index (κ2) is 9.85. The van der Waals surface area contributed by atoms with E-state index >= 15 is 0 Å². The van der Waals surface area contributed by atoms with Gasteiger partial charge in [0.2, 0.25) is 5.91 Å². The van der Waals surface area contributed by atoms with Gasteiger partial charge in [-0.1, -0.05) is 6.42 Å². The number of hydrogen-bond acceptors (Lipinski definition) is 6. The first-order valence-electron chi connectivity index (χ1n) is 12.1. The SMILES string of the molecule is COc1ccc(C2=NCC(=O)N(CCN3CCCCC3)c3sc4c(c32)CCCC4)cc1OC. The molecule has 3 aliphatic rings. The van der Waals surface area contributed by atoms with Crippen molar-refractivity contribution in [3.63, 3.8) is 0 Å². The van der Waals surface area contributed by atoms with Crippen molar-refractivity contribution in [1.29, 1.82) is 0 Å². The molecule has 0 N–H and O–H groups in total. The number of piperidine rings is 1. The van der Waals surface area contributed by atoms with Crippen molar-refractivity contribution >= 4 is 28.0 Å². The van der Waals surface area contributed by atoms with Gasteiger partial charge < -0.3 is 19.3 Å². The minimum absolute atomic E-state index is 0.0994. The van der Waals surface area contributed by atoms with Crippen LogP contribution in [0.4, 0.5) is 5.00 Å². The van der Waals surface area contributed by atoms with Crippen molar-refractivity contribution in [1.82, 2.24) is 4.90 Å². The van der Waals surface area contributed by atoms with Crippen LogP contribution < -0.4 is 14.4 Å². The molecule has 1 aliphatic carbocycles. The predicted octanol–water partition coefficient (Wildman–Crippen LogP) is 4.31. The van der Waals surface area contributed by atoms with Crippen molar-refractivity contribution < 1.29 is 14.3 Å². The first-order valence-corrected chi connectivity index (χ1v) is 13.0. The van der Waals surface area contributed by atoms with E-state index in [-0.39, 0.29) is 12.5 Å². The highest BCUT2D eigenvalue weighted by molar-refractivity contribution is 7.17. The molecule has 3 heterocycles. The monoisotopic (exact) mass is 467 g/mol. The van der Waals surface area contributed by atoms with Gasteiger partial charge in [0.1, 0.15) is 11.5 Å². The molecule has 0 unspecified atom stereocenters. The Bertz CT molecular complexity index is 1060. The van der Waals surface area contributed by atoms with Gasteiger partial charge in [0.05, 0.1) is 19.9 Å². The average molecular weight is 468 g/mol. The van der Waals surface area contributed by atoms with Crippen molar-refractivity contribution in [2.24, 2.45) is 4.99 Å². The third kappa shape index (κ3) is 4.41. The van der Waals surface area contributed by atoms with E-state index in [9.17, 15) is 4.79 Å². The smallest absolute Gasteiger partial charge is 0.249 e. The molecule has 6 nitrogen and oxygen atoms in total. The number of fused-ring (bicyclic) bond motifs is 3. The van der Waals surface area contributed by atoms with E-state index in [0.29, 0.717) is 11.5 Å². The zero-order valence-corrected chi connectivity index (χ0v) is 20.5. The number of carbonyl (C=O) groups excluding carboxylic acids is 1. The van der Waals surface area contributed by atoms with Crippen LogP contribution in [-0.4, -0.2) is 63.5 Å². The van der Waals surface area contributed by atoms with E-state index in [4.69, 9.17) is 14.5 Å². The summed E-state index contributed by atoms with van der Waals surface area (Å²) in [5.74, 6) is 1.48. The van der Waals surface area contributed by atoms with Gasteiger partial charge in [0.25, 0.3) is 0 Å². The first kappa shape index (κ1) is 22.4. The summed E-state index contributed by atoms with van der Waals surface area (Å²) in [5.41, 5.74) is 4.46. The van der Waals surface area contributed by atoms with E-state index in [0.717, 1.165) is 55.3 Å². The summed E-state index contributed by atoms with van der Waals surface area (Å²) >= 11 is 1.82. The number of likely N-dealkylation sites (tertiary alicyclic amines) is 1. The summed E-state index contributed by atoms with van der Waals surface area (Å²) in [5, 5.41) is 1.09. The lowest BCUT2D eigenvalue weighted by Crippen LogP contribution is -2.41. The second-order valence-corrected chi connectivity index (χ2v) is 10.2. The lowest BCUT2D eigenvalue weighted by atomic mass is 9.91. The maximum absolute atomic E-state index is 13.3. The minimum atomic E-state index is 0.0994. The standard InChI is InChI=1S/C26H33N3O3S/c1-31-20-11-10-18(16-21(20)32-2)25-24-19-8-4-5-9-22(19)33-26(24)29(23(30)17-27-25)15-14-28-12-6-3-7-13-28/h10-11,16H,3-9,12-15,17H2,1-2H3. The van der Waals surface area contributed by atoms with Crippen LogP contribution >= 0.6 is 11.3 Å². The van der Waals surface area contributed by atoms with E-state index in [1.54, 1.807) is 14.2 Å². The number of nitrogens with zero attached hydrogens (tertiary/aromatic N) is 3. The lowest BCUT2D eigenvalue weighted by molar-refractivity contribution is -0.117. The molecule has 33 heavy (non-hydrogen) atoms. The molecular weight excluding hydrogens is 434 g/mol. The summed E-state index contributed by atoms with van der Waals surface area (Å²) in [6.45, 7) is 4.13. The van der Waals surface area contributed by atoms with Crippen LogP contribution in [0.1, 0.15) is 53.7 Å². The number of carbonyl (C=O) groups is 1. The quantitative estimate of drug-likeness (QED) is 0.635. The molecule has 1 fully saturated rings. The number of benzene rings is 1. The van der Waals surface area contributed by atoms with Gasteiger partial charge in [-0.25, -0.2) is 0 Å². The molecule has 0 bridgehead atoms. The predicted molar refractivity (Wildman–Crippen MR) is 134 cm³/mol. The molecule has 2 aliphatic heterocycles. The Labute approximate surface area is 200 Å². The van der Waals surface area contributed by atoms with Gasteiger partial charge in [-0.2, -0.15) is 0 Å². The summed E-state index contributed by atoms with van der Waals surface area (Å²) in [6.07, 6.45) is 8.41. The fourth-order valence-corrected chi connectivity index (χ4v) is 6.71. The molecule has 176 valence electrons. The number of ether oxygens (including phenoxy) is 2. The van der Waals surface area contributed by atoms with Gasteiger partial charge in [-0.15, -0.1) is 11.3 Å². The molecule has 2 aromatic rings. The molecule has 7 heteroatoms. The Balaban J connectivity index is 1.54. The summed E-state index contributed by atoms with van der Waals surface area (Å²) in [6, 6.07) is 5.95. The molecule has 0 spiro atoms. The molecule has 1 amide bonds. The maximum Gasteiger partial charge on any atom is 0.249 e. The highest BCUT2D eigenvalue weighted by atomic mass is 32.1. The van der Waals surface area contributed by atoms with E-state index in [2.05, 4.69) is 4.90 Å².